The number of methoxy groups -OCH3 is 1. The van der Waals surface area contributed by atoms with E-state index in [0.29, 0.717) is 16.8 Å². The molecule has 0 aliphatic heterocycles. The van der Waals surface area contributed by atoms with E-state index in [9.17, 15) is 24.8 Å². The number of phenols is 1. The predicted molar refractivity (Wildman–Crippen MR) is 95.8 cm³/mol. The molecule has 0 atom stereocenters. The van der Waals surface area contributed by atoms with E-state index in [1.165, 1.54) is 31.4 Å². The number of aromatic hydroxyl groups is 1. The van der Waals surface area contributed by atoms with E-state index in [-0.39, 0.29) is 23.6 Å². The van der Waals surface area contributed by atoms with Gasteiger partial charge in [0.2, 0.25) is 0 Å². The molecule has 0 saturated heterocycles. The number of carbonyl (C=O) groups is 2. The van der Waals surface area contributed by atoms with Gasteiger partial charge in [0.1, 0.15) is 5.75 Å². The lowest BCUT2D eigenvalue weighted by atomic mass is 10.1. The molecule has 0 heterocycles. The fraction of sp³-hybridized carbons (Fsp3) is 0.222. The smallest absolute Gasteiger partial charge is 0.311 e. The number of nitro benzene ring substituents is 1. The largest absolute Gasteiger partial charge is 0.508 e. The number of benzene rings is 2. The van der Waals surface area contributed by atoms with Crippen LogP contribution in [0.4, 0.5) is 11.4 Å². The Morgan fingerprint density at radius 1 is 1.22 bits per heavy atom. The number of anilines is 1. The van der Waals surface area contributed by atoms with Crippen LogP contribution in [-0.2, 0) is 20.7 Å². The number of esters is 1. The molecule has 0 fully saturated rings. The number of nitrogens with zero attached hydrogens (tertiary/aromatic N) is 1. The van der Waals surface area contributed by atoms with Crippen molar-refractivity contribution < 1.29 is 29.1 Å². The molecule has 0 saturated carbocycles. The van der Waals surface area contributed by atoms with Gasteiger partial charge >= 0.3 is 11.7 Å². The van der Waals surface area contributed by atoms with Crippen molar-refractivity contribution >= 4 is 23.3 Å². The zero-order valence-electron chi connectivity index (χ0n) is 14.7. The first-order chi connectivity index (χ1) is 12.8. The van der Waals surface area contributed by atoms with E-state index in [1.54, 1.807) is 19.1 Å². The quantitative estimate of drug-likeness (QED) is 0.432. The Kier molecular flexibility index (Phi) is 6.32. The molecule has 0 aliphatic carbocycles. The normalized spacial score (nSPS) is 10.1. The third-order valence-corrected chi connectivity index (χ3v) is 3.65. The Balaban J connectivity index is 1.94. The van der Waals surface area contributed by atoms with Crippen LogP contribution in [-0.4, -0.2) is 35.6 Å². The van der Waals surface area contributed by atoms with Gasteiger partial charge in [-0.15, -0.1) is 0 Å². The molecular formula is C18H18N2O7. The highest BCUT2D eigenvalue weighted by molar-refractivity contribution is 5.94. The average molecular weight is 374 g/mol. The minimum Gasteiger partial charge on any atom is -0.508 e. The Morgan fingerprint density at radius 3 is 2.48 bits per heavy atom. The van der Waals surface area contributed by atoms with Crippen molar-refractivity contribution in [3.05, 3.63) is 57.6 Å². The summed E-state index contributed by atoms with van der Waals surface area (Å²) in [5, 5.41) is 22.7. The standard InChI is InChI=1S/C18H18N2O7/c1-11-7-15(20(24)25)16(26-2)9-14(11)19-17(22)10-27-18(23)8-12-3-5-13(21)6-4-12/h3-7,9,21H,8,10H2,1-2H3,(H,19,22). The summed E-state index contributed by atoms with van der Waals surface area (Å²) >= 11 is 0. The van der Waals surface area contributed by atoms with Crippen LogP contribution in [0, 0.1) is 17.0 Å². The van der Waals surface area contributed by atoms with E-state index in [1.807, 2.05) is 0 Å². The number of rotatable bonds is 7. The second-order valence-corrected chi connectivity index (χ2v) is 5.65. The molecule has 1 amide bonds. The van der Waals surface area contributed by atoms with Gasteiger partial charge in [-0.05, 0) is 30.2 Å². The van der Waals surface area contributed by atoms with Crippen LogP contribution < -0.4 is 10.1 Å². The highest BCUT2D eigenvalue weighted by Crippen LogP contribution is 2.32. The van der Waals surface area contributed by atoms with Crippen LogP contribution in [0.1, 0.15) is 11.1 Å². The summed E-state index contributed by atoms with van der Waals surface area (Å²) in [6.07, 6.45) is -0.0437. The van der Waals surface area contributed by atoms with E-state index in [4.69, 9.17) is 9.47 Å². The summed E-state index contributed by atoms with van der Waals surface area (Å²) < 4.78 is 9.88. The molecule has 27 heavy (non-hydrogen) atoms. The number of nitrogens with one attached hydrogen (secondary N) is 1. The minimum atomic E-state index is -0.603. The molecule has 2 rings (SSSR count). The molecule has 0 aliphatic rings. The molecule has 9 nitrogen and oxygen atoms in total. The fourth-order valence-corrected chi connectivity index (χ4v) is 2.28. The molecular weight excluding hydrogens is 356 g/mol. The molecule has 2 aromatic rings. The predicted octanol–water partition coefficient (Wildman–Crippen LogP) is 2.34. The van der Waals surface area contributed by atoms with Gasteiger partial charge in [-0.1, -0.05) is 12.1 Å². The highest BCUT2D eigenvalue weighted by atomic mass is 16.6. The van der Waals surface area contributed by atoms with Crippen molar-refractivity contribution in [2.45, 2.75) is 13.3 Å². The van der Waals surface area contributed by atoms with Gasteiger partial charge < -0.3 is 19.9 Å². The van der Waals surface area contributed by atoms with E-state index >= 15 is 0 Å². The second kappa shape index (κ2) is 8.65. The monoisotopic (exact) mass is 374 g/mol. The first kappa shape index (κ1) is 19.7. The molecule has 0 aromatic heterocycles. The third-order valence-electron chi connectivity index (χ3n) is 3.65. The lowest BCUT2D eigenvalue weighted by molar-refractivity contribution is -0.385. The lowest BCUT2D eigenvalue weighted by Crippen LogP contribution is -2.22. The number of ether oxygens (including phenoxy) is 2. The maximum absolute atomic E-state index is 12.0. The van der Waals surface area contributed by atoms with Crippen molar-refractivity contribution in [3.8, 4) is 11.5 Å². The summed E-state index contributed by atoms with van der Waals surface area (Å²) in [5.74, 6) is -1.10. The summed E-state index contributed by atoms with van der Waals surface area (Å²) in [7, 11) is 1.29. The number of aryl methyl sites for hydroxylation is 1. The van der Waals surface area contributed by atoms with Gasteiger partial charge in [0.05, 0.1) is 18.5 Å². The molecule has 9 heteroatoms. The number of hydrogen-bond donors (Lipinski definition) is 2. The zero-order chi connectivity index (χ0) is 20.0. The Hall–Kier alpha value is -3.62. The second-order valence-electron chi connectivity index (χ2n) is 5.65. The van der Waals surface area contributed by atoms with Crippen molar-refractivity contribution in [3.63, 3.8) is 0 Å². The zero-order valence-corrected chi connectivity index (χ0v) is 14.7. The molecule has 0 radical (unpaired) electrons. The van der Waals surface area contributed by atoms with Crippen LogP contribution in [0.2, 0.25) is 0 Å². The van der Waals surface area contributed by atoms with Crippen LogP contribution in [0.3, 0.4) is 0 Å². The van der Waals surface area contributed by atoms with E-state index in [2.05, 4.69) is 5.32 Å². The number of phenolic OH excluding ortho intramolecular Hbond substituents is 1. The van der Waals surface area contributed by atoms with Gasteiger partial charge in [-0.3, -0.25) is 19.7 Å². The highest BCUT2D eigenvalue weighted by Gasteiger charge is 2.18. The summed E-state index contributed by atoms with van der Waals surface area (Å²) in [6.45, 7) is 1.09. The van der Waals surface area contributed by atoms with E-state index < -0.39 is 23.4 Å². The Labute approximate surface area is 154 Å². The summed E-state index contributed by atoms with van der Waals surface area (Å²) in [5.41, 5.74) is 1.20. The first-order valence-corrected chi connectivity index (χ1v) is 7.86. The summed E-state index contributed by atoms with van der Waals surface area (Å²) in [6, 6.07) is 8.65. The maximum atomic E-state index is 12.0. The molecule has 0 unspecified atom stereocenters. The maximum Gasteiger partial charge on any atom is 0.311 e. The van der Waals surface area contributed by atoms with Gasteiger partial charge in [0.25, 0.3) is 5.91 Å². The topological polar surface area (TPSA) is 128 Å². The minimum absolute atomic E-state index is 0.00484. The van der Waals surface area contributed by atoms with Crippen LogP contribution in [0.25, 0.3) is 0 Å². The van der Waals surface area contributed by atoms with Crippen molar-refractivity contribution in [2.24, 2.45) is 0 Å². The summed E-state index contributed by atoms with van der Waals surface area (Å²) in [4.78, 5) is 34.2. The van der Waals surface area contributed by atoms with Crippen molar-refractivity contribution in [1.82, 2.24) is 0 Å². The number of carbonyl (C=O) groups excluding carboxylic acids is 2. The average Bonchev–Trinajstić information content (AvgIpc) is 2.63. The molecule has 2 aromatic carbocycles. The first-order valence-electron chi connectivity index (χ1n) is 7.86. The lowest BCUT2D eigenvalue weighted by Gasteiger charge is -2.11. The van der Waals surface area contributed by atoms with E-state index in [0.717, 1.165) is 0 Å². The SMILES string of the molecule is COc1cc(NC(=O)COC(=O)Cc2ccc(O)cc2)c(C)cc1[N+](=O)[O-]. The van der Waals surface area contributed by atoms with Gasteiger partial charge in [-0.2, -0.15) is 0 Å². The third kappa shape index (κ3) is 5.43. The fourth-order valence-electron chi connectivity index (χ4n) is 2.28. The molecule has 142 valence electrons. The van der Waals surface area contributed by atoms with Crippen molar-refractivity contribution in [1.29, 1.82) is 0 Å². The van der Waals surface area contributed by atoms with Gasteiger partial charge in [-0.25, -0.2) is 0 Å². The van der Waals surface area contributed by atoms with Crippen LogP contribution in [0.15, 0.2) is 36.4 Å². The number of hydrogen-bond acceptors (Lipinski definition) is 7. The molecule has 0 spiro atoms. The van der Waals surface area contributed by atoms with Crippen LogP contribution >= 0.6 is 0 Å². The molecule has 0 bridgehead atoms. The Bertz CT molecular complexity index is 863. The van der Waals surface area contributed by atoms with Crippen LogP contribution in [0.5, 0.6) is 11.5 Å². The molecule has 2 N–H and O–H groups in total. The Morgan fingerprint density at radius 2 is 1.89 bits per heavy atom. The number of amides is 1. The number of nitro groups is 1. The van der Waals surface area contributed by atoms with Gasteiger partial charge in [0, 0.05) is 17.8 Å². The van der Waals surface area contributed by atoms with Crippen molar-refractivity contribution in [2.75, 3.05) is 19.0 Å². The van der Waals surface area contributed by atoms with Gasteiger partial charge in [0.15, 0.2) is 12.4 Å².